The molecule has 0 atom stereocenters. The zero-order chi connectivity index (χ0) is 24.2. The second-order valence-electron chi connectivity index (χ2n) is 7.75. The lowest BCUT2D eigenvalue weighted by Crippen LogP contribution is -2.10. The molecule has 6 nitrogen and oxygen atoms in total. The fourth-order valence-corrected chi connectivity index (χ4v) is 3.83. The molecular formula is C28H25NO5. The largest absolute Gasteiger partial charge is 0.493 e. The van der Waals surface area contributed by atoms with Crippen LogP contribution < -0.4 is 14.2 Å². The summed E-state index contributed by atoms with van der Waals surface area (Å²) in [6, 6.07) is 18.3. The van der Waals surface area contributed by atoms with E-state index in [-0.39, 0.29) is 11.7 Å². The van der Waals surface area contributed by atoms with Gasteiger partial charge in [-0.25, -0.2) is 0 Å². The van der Waals surface area contributed by atoms with Crippen LogP contribution in [0.15, 0.2) is 72.9 Å². The van der Waals surface area contributed by atoms with Gasteiger partial charge in [0.05, 0.1) is 26.8 Å². The normalized spacial score (nSPS) is 11.1. The quantitative estimate of drug-likeness (QED) is 0.270. The summed E-state index contributed by atoms with van der Waals surface area (Å²) in [5.41, 5.74) is 3.60. The van der Waals surface area contributed by atoms with Crippen LogP contribution in [0.1, 0.15) is 31.8 Å². The number of aryl methyl sites for hydroxylation is 1. The van der Waals surface area contributed by atoms with Crippen molar-refractivity contribution in [1.29, 1.82) is 0 Å². The van der Waals surface area contributed by atoms with Crippen LogP contribution in [0.5, 0.6) is 17.2 Å². The van der Waals surface area contributed by atoms with E-state index >= 15 is 0 Å². The molecule has 0 aliphatic rings. The number of rotatable bonds is 7. The number of carbonyl (C=O) groups excluding carboxylic acids is 2. The highest BCUT2D eigenvalue weighted by Gasteiger charge is 2.17. The molecule has 4 rings (SSSR count). The number of hydrogen-bond acceptors (Lipinski definition) is 5. The van der Waals surface area contributed by atoms with Crippen LogP contribution in [0.2, 0.25) is 0 Å². The highest BCUT2D eigenvalue weighted by Crippen LogP contribution is 2.38. The van der Waals surface area contributed by atoms with E-state index in [1.54, 1.807) is 29.0 Å². The van der Waals surface area contributed by atoms with Gasteiger partial charge >= 0.3 is 0 Å². The number of benzene rings is 3. The summed E-state index contributed by atoms with van der Waals surface area (Å²) in [7, 11) is 4.51. The van der Waals surface area contributed by atoms with Gasteiger partial charge in [0, 0.05) is 28.3 Å². The van der Waals surface area contributed by atoms with Crippen LogP contribution in [0, 0.1) is 6.92 Å². The monoisotopic (exact) mass is 455 g/mol. The van der Waals surface area contributed by atoms with Crippen molar-refractivity contribution in [2.24, 2.45) is 0 Å². The molecule has 4 aromatic rings. The van der Waals surface area contributed by atoms with E-state index in [0.717, 1.165) is 22.0 Å². The Bertz CT molecular complexity index is 1370. The van der Waals surface area contributed by atoms with Gasteiger partial charge in [-0.05, 0) is 49.4 Å². The number of fused-ring (bicyclic) bond motifs is 1. The Morgan fingerprint density at radius 1 is 0.824 bits per heavy atom. The molecule has 34 heavy (non-hydrogen) atoms. The van der Waals surface area contributed by atoms with Gasteiger partial charge in [-0.1, -0.05) is 35.9 Å². The predicted molar refractivity (Wildman–Crippen MR) is 132 cm³/mol. The molecule has 0 amide bonds. The zero-order valence-corrected chi connectivity index (χ0v) is 19.5. The minimum absolute atomic E-state index is 0.133. The standard InChI is InChI=1S/C28H25NO5/c1-18-9-11-19(12-10-18)28(31)29-17-20(22-7-5-6-8-23(22)29)13-14-24(30)21-15-25(32-2)27(34-4)26(16-21)33-3/h5-17H,1-4H3/b14-13+. The van der Waals surface area contributed by atoms with Gasteiger partial charge in [0.2, 0.25) is 5.75 Å². The van der Waals surface area contributed by atoms with Crippen molar-refractivity contribution in [3.8, 4) is 17.2 Å². The Morgan fingerprint density at radius 2 is 1.47 bits per heavy atom. The number of nitrogens with zero attached hydrogens (tertiary/aromatic N) is 1. The Labute approximate surface area is 198 Å². The molecule has 0 fully saturated rings. The first-order chi connectivity index (χ1) is 16.5. The predicted octanol–water partition coefficient (Wildman–Crippen LogP) is 5.56. The molecule has 0 aliphatic carbocycles. The molecule has 0 saturated heterocycles. The first kappa shape index (κ1) is 22.9. The van der Waals surface area contributed by atoms with Crippen LogP contribution in [0.4, 0.5) is 0 Å². The van der Waals surface area contributed by atoms with Crippen molar-refractivity contribution >= 4 is 28.7 Å². The SMILES string of the molecule is COc1cc(C(=O)/C=C/c2cn(C(=O)c3ccc(C)cc3)c3ccccc23)cc(OC)c1OC. The molecule has 0 bridgehead atoms. The molecule has 0 radical (unpaired) electrons. The molecule has 6 heteroatoms. The lowest BCUT2D eigenvalue weighted by atomic mass is 10.1. The molecule has 0 aliphatic heterocycles. The fraction of sp³-hybridized carbons (Fsp3) is 0.143. The number of aromatic nitrogens is 1. The van der Waals surface area contributed by atoms with E-state index in [4.69, 9.17) is 14.2 Å². The van der Waals surface area contributed by atoms with Crippen molar-refractivity contribution in [2.75, 3.05) is 21.3 Å². The molecule has 0 spiro atoms. The van der Waals surface area contributed by atoms with E-state index in [1.807, 2.05) is 55.5 Å². The number of allylic oxidation sites excluding steroid dienone is 1. The van der Waals surface area contributed by atoms with Crippen LogP contribution in [0.3, 0.4) is 0 Å². The molecule has 3 aromatic carbocycles. The molecule has 0 saturated carbocycles. The highest BCUT2D eigenvalue weighted by molar-refractivity contribution is 6.09. The maximum Gasteiger partial charge on any atom is 0.262 e. The van der Waals surface area contributed by atoms with Gasteiger partial charge in [0.15, 0.2) is 17.3 Å². The average molecular weight is 456 g/mol. The molecular weight excluding hydrogens is 430 g/mol. The van der Waals surface area contributed by atoms with Gasteiger partial charge in [0.1, 0.15) is 0 Å². The first-order valence-corrected chi connectivity index (χ1v) is 10.7. The average Bonchev–Trinajstić information content (AvgIpc) is 3.25. The van der Waals surface area contributed by atoms with Crippen LogP contribution in [-0.2, 0) is 0 Å². The maximum atomic E-state index is 13.2. The summed E-state index contributed by atoms with van der Waals surface area (Å²) in [6.45, 7) is 1.98. The summed E-state index contributed by atoms with van der Waals surface area (Å²) in [5.74, 6) is 0.855. The van der Waals surface area contributed by atoms with Crippen molar-refractivity contribution in [2.45, 2.75) is 6.92 Å². The van der Waals surface area contributed by atoms with E-state index in [2.05, 4.69) is 0 Å². The van der Waals surface area contributed by atoms with Crippen molar-refractivity contribution in [3.63, 3.8) is 0 Å². The fourth-order valence-electron chi connectivity index (χ4n) is 3.83. The molecule has 0 N–H and O–H groups in total. The van der Waals surface area contributed by atoms with Crippen LogP contribution in [0.25, 0.3) is 17.0 Å². The summed E-state index contributed by atoms with van der Waals surface area (Å²) in [4.78, 5) is 26.1. The van der Waals surface area contributed by atoms with E-state index in [1.165, 1.54) is 27.4 Å². The summed E-state index contributed by atoms with van der Waals surface area (Å²) in [5, 5.41) is 0.872. The third kappa shape index (κ3) is 4.30. The molecule has 172 valence electrons. The summed E-state index contributed by atoms with van der Waals surface area (Å²) >= 11 is 0. The number of hydrogen-bond donors (Lipinski definition) is 0. The number of carbonyl (C=O) groups is 2. The third-order valence-corrected chi connectivity index (χ3v) is 5.62. The zero-order valence-electron chi connectivity index (χ0n) is 19.5. The number of ketones is 1. The summed E-state index contributed by atoms with van der Waals surface area (Å²) < 4.78 is 17.6. The minimum atomic E-state index is -0.235. The molecule has 0 unspecified atom stereocenters. The van der Waals surface area contributed by atoms with Crippen molar-refractivity contribution < 1.29 is 23.8 Å². The molecule has 1 aromatic heterocycles. The Kier molecular flexibility index (Phi) is 6.50. The second kappa shape index (κ2) is 9.67. The number of para-hydroxylation sites is 1. The second-order valence-corrected chi connectivity index (χ2v) is 7.75. The topological polar surface area (TPSA) is 66.8 Å². The lowest BCUT2D eigenvalue weighted by Gasteiger charge is -2.13. The summed E-state index contributed by atoms with van der Waals surface area (Å²) in [6.07, 6.45) is 4.95. The van der Waals surface area contributed by atoms with Gasteiger partial charge in [-0.15, -0.1) is 0 Å². The van der Waals surface area contributed by atoms with E-state index < -0.39 is 0 Å². The number of ether oxygens (including phenoxy) is 3. The third-order valence-electron chi connectivity index (χ3n) is 5.62. The van der Waals surface area contributed by atoms with Gasteiger partial charge in [-0.2, -0.15) is 0 Å². The van der Waals surface area contributed by atoms with Gasteiger partial charge in [0.25, 0.3) is 5.91 Å². The smallest absolute Gasteiger partial charge is 0.262 e. The Hall–Kier alpha value is -4.32. The minimum Gasteiger partial charge on any atom is -0.493 e. The van der Waals surface area contributed by atoms with Crippen molar-refractivity contribution in [3.05, 3.63) is 95.2 Å². The van der Waals surface area contributed by atoms with Gasteiger partial charge in [-0.3, -0.25) is 14.2 Å². The van der Waals surface area contributed by atoms with Crippen LogP contribution in [-0.4, -0.2) is 37.6 Å². The molecule has 1 heterocycles. The van der Waals surface area contributed by atoms with Crippen molar-refractivity contribution in [1.82, 2.24) is 4.57 Å². The first-order valence-electron chi connectivity index (χ1n) is 10.7. The highest BCUT2D eigenvalue weighted by atomic mass is 16.5. The lowest BCUT2D eigenvalue weighted by molar-refractivity contribution is 0.0964. The van der Waals surface area contributed by atoms with E-state index in [0.29, 0.717) is 28.4 Å². The maximum absolute atomic E-state index is 13.2. The van der Waals surface area contributed by atoms with Gasteiger partial charge < -0.3 is 14.2 Å². The number of methoxy groups -OCH3 is 3. The Balaban J connectivity index is 1.70. The van der Waals surface area contributed by atoms with E-state index in [9.17, 15) is 9.59 Å². The Morgan fingerprint density at radius 3 is 2.09 bits per heavy atom. The van der Waals surface area contributed by atoms with Crippen LogP contribution >= 0.6 is 0 Å².